The molecule has 8 heteroatoms. The minimum absolute atomic E-state index is 0.0156. The van der Waals surface area contributed by atoms with Crippen molar-refractivity contribution in [3.8, 4) is 28.6 Å². The first-order chi connectivity index (χ1) is 17.3. The van der Waals surface area contributed by atoms with Gasteiger partial charge in [-0.25, -0.2) is 18.0 Å². The van der Waals surface area contributed by atoms with Crippen molar-refractivity contribution in [1.82, 2.24) is 4.57 Å². The molecule has 1 heterocycles. The number of carbonyl (C=O) groups is 1. The molecule has 0 unspecified atom stereocenters. The fourth-order valence-corrected chi connectivity index (χ4v) is 5.16. The molecule has 0 spiro atoms. The van der Waals surface area contributed by atoms with Gasteiger partial charge in [-0.2, -0.15) is 5.26 Å². The normalized spacial score (nSPS) is 14.3. The highest BCUT2D eigenvalue weighted by Crippen LogP contribution is 2.53. The summed E-state index contributed by atoms with van der Waals surface area (Å²) in [5.74, 6) is -3.75. The van der Waals surface area contributed by atoms with Crippen molar-refractivity contribution < 1.29 is 27.8 Å². The van der Waals surface area contributed by atoms with Gasteiger partial charge in [0.15, 0.2) is 23.2 Å². The number of rotatable bonds is 6. The maximum absolute atomic E-state index is 14.6. The minimum atomic E-state index is -1.09. The van der Waals surface area contributed by atoms with E-state index in [-0.39, 0.29) is 17.7 Å². The van der Waals surface area contributed by atoms with Gasteiger partial charge in [0.25, 0.3) is 0 Å². The molecule has 0 atom stereocenters. The highest BCUT2D eigenvalue weighted by Gasteiger charge is 2.44. The molecular formula is C28H21F3N2O3. The van der Waals surface area contributed by atoms with E-state index >= 15 is 0 Å². The smallest absolute Gasteiger partial charge is 0.335 e. The maximum Gasteiger partial charge on any atom is 0.335 e. The number of carboxylic acid groups (broad SMARTS) is 1. The number of fused-ring (bicyclic) bond motifs is 1. The zero-order valence-electron chi connectivity index (χ0n) is 19.3. The molecule has 1 N–H and O–H groups in total. The number of hydrogen-bond donors (Lipinski definition) is 1. The number of aromatic nitrogens is 1. The van der Waals surface area contributed by atoms with Crippen LogP contribution in [0.2, 0.25) is 0 Å². The predicted octanol–water partition coefficient (Wildman–Crippen LogP) is 6.76. The van der Waals surface area contributed by atoms with E-state index in [2.05, 4.69) is 6.07 Å². The Morgan fingerprint density at radius 1 is 1.06 bits per heavy atom. The Labute approximate surface area is 205 Å². The SMILES string of the molecule is COc1cc(-n2c(C3(CC#N)CCC3)c(-c3ccc(C(=O)O)cc3)c3cc(F)c(F)cc32)ccc1F. The maximum atomic E-state index is 14.6. The van der Waals surface area contributed by atoms with Crippen LogP contribution in [0.1, 0.15) is 41.7 Å². The van der Waals surface area contributed by atoms with Gasteiger partial charge >= 0.3 is 5.97 Å². The molecule has 1 fully saturated rings. The van der Waals surface area contributed by atoms with Crippen molar-refractivity contribution in [3.63, 3.8) is 0 Å². The van der Waals surface area contributed by atoms with Gasteiger partial charge in [-0.3, -0.25) is 0 Å². The van der Waals surface area contributed by atoms with E-state index in [9.17, 15) is 28.3 Å². The van der Waals surface area contributed by atoms with Gasteiger partial charge in [-0.05, 0) is 48.7 Å². The average Bonchev–Trinajstić information content (AvgIpc) is 3.16. The average molecular weight is 490 g/mol. The number of methoxy groups -OCH3 is 1. The number of hydrogen-bond acceptors (Lipinski definition) is 3. The molecule has 1 aliphatic rings. The second-order valence-corrected chi connectivity index (χ2v) is 9.01. The van der Waals surface area contributed by atoms with Crippen molar-refractivity contribution in [2.45, 2.75) is 31.1 Å². The number of carboxylic acids is 1. The second-order valence-electron chi connectivity index (χ2n) is 9.01. The van der Waals surface area contributed by atoms with Crippen LogP contribution < -0.4 is 4.74 Å². The summed E-state index contributed by atoms with van der Waals surface area (Å²) in [6.45, 7) is 0. The predicted molar refractivity (Wildman–Crippen MR) is 128 cm³/mol. The lowest BCUT2D eigenvalue weighted by molar-refractivity contribution is 0.0697. The number of nitrogens with zero attached hydrogens (tertiary/aromatic N) is 2. The first kappa shape index (κ1) is 23.5. The van der Waals surface area contributed by atoms with Gasteiger partial charge in [0, 0.05) is 46.3 Å². The number of benzene rings is 3. The fourth-order valence-electron chi connectivity index (χ4n) is 5.16. The summed E-state index contributed by atoms with van der Waals surface area (Å²) < 4.78 is 50.4. The van der Waals surface area contributed by atoms with Crippen LogP contribution in [0, 0.1) is 28.8 Å². The molecule has 4 aromatic rings. The van der Waals surface area contributed by atoms with Crippen LogP contribution in [-0.4, -0.2) is 22.8 Å². The standard InChI is InChI=1S/C28H21F3N2O3/c1-36-24-13-18(7-8-20(24)29)33-23-15-22(31)21(30)14-19(23)25(16-3-5-17(6-4-16)27(34)35)26(33)28(11-12-32)9-2-10-28/h3-8,13-15H,2,9-11H2,1H3,(H,34,35). The first-order valence-electron chi connectivity index (χ1n) is 11.4. The number of nitriles is 1. The summed E-state index contributed by atoms with van der Waals surface area (Å²) >= 11 is 0. The second kappa shape index (κ2) is 8.76. The summed E-state index contributed by atoms with van der Waals surface area (Å²) in [4.78, 5) is 11.4. The van der Waals surface area contributed by atoms with Gasteiger partial charge in [0.05, 0.1) is 24.3 Å². The Morgan fingerprint density at radius 3 is 2.33 bits per heavy atom. The van der Waals surface area contributed by atoms with E-state index < -0.39 is 28.8 Å². The van der Waals surface area contributed by atoms with Gasteiger partial charge in [0.1, 0.15) is 0 Å². The lowest BCUT2D eigenvalue weighted by Crippen LogP contribution is -2.36. The molecule has 1 saturated carbocycles. The van der Waals surface area contributed by atoms with Gasteiger partial charge in [-0.1, -0.05) is 18.6 Å². The largest absolute Gasteiger partial charge is 0.494 e. The Hall–Kier alpha value is -4.25. The zero-order valence-corrected chi connectivity index (χ0v) is 19.3. The summed E-state index contributed by atoms with van der Waals surface area (Å²) in [5, 5.41) is 19.5. The Morgan fingerprint density at radius 2 is 1.75 bits per heavy atom. The zero-order chi connectivity index (χ0) is 25.6. The van der Waals surface area contributed by atoms with Crippen LogP contribution in [0.4, 0.5) is 13.2 Å². The Kier molecular flexibility index (Phi) is 5.71. The molecule has 5 nitrogen and oxygen atoms in total. The van der Waals surface area contributed by atoms with E-state index in [1.54, 1.807) is 16.7 Å². The molecule has 1 aliphatic carbocycles. The van der Waals surface area contributed by atoms with E-state index in [1.165, 1.54) is 37.4 Å². The third-order valence-electron chi connectivity index (χ3n) is 7.05. The van der Waals surface area contributed by atoms with Crippen LogP contribution in [0.5, 0.6) is 5.75 Å². The highest BCUT2D eigenvalue weighted by molar-refractivity contribution is 6.00. The first-order valence-corrected chi connectivity index (χ1v) is 11.4. The third-order valence-corrected chi connectivity index (χ3v) is 7.05. The van der Waals surface area contributed by atoms with E-state index in [0.717, 1.165) is 18.6 Å². The van der Waals surface area contributed by atoms with E-state index in [1.807, 2.05) is 0 Å². The quantitative estimate of drug-likeness (QED) is 0.324. The van der Waals surface area contributed by atoms with E-state index in [4.69, 9.17) is 4.74 Å². The topological polar surface area (TPSA) is 75.2 Å². The number of halogens is 3. The van der Waals surface area contributed by atoms with Crippen molar-refractivity contribution >= 4 is 16.9 Å². The van der Waals surface area contributed by atoms with Crippen LogP contribution in [0.25, 0.3) is 27.7 Å². The summed E-state index contributed by atoms with van der Waals surface area (Å²) in [6.07, 6.45) is 2.41. The van der Waals surface area contributed by atoms with Crippen LogP contribution in [0.15, 0.2) is 54.6 Å². The Bertz CT molecular complexity index is 1550. The summed E-state index contributed by atoms with van der Waals surface area (Å²) in [5.41, 5.74) is 2.15. The Balaban J connectivity index is 1.93. The number of aromatic carboxylic acids is 1. The molecule has 0 radical (unpaired) electrons. The highest BCUT2D eigenvalue weighted by atomic mass is 19.2. The van der Waals surface area contributed by atoms with E-state index in [0.29, 0.717) is 46.3 Å². The molecule has 1 aromatic heterocycles. The van der Waals surface area contributed by atoms with Gasteiger partial charge in [0.2, 0.25) is 0 Å². The van der Waals surface area contributed by atoms with Crippen LogP contribution >= 0.6 is 0 Å². The molecular weight excluding hydrogens is 469 g/mol. The molecule has 0 saturated heterocycles. The molecule has 3 aromatic carbocycles. The van der Waals surface area contributed by atoms with Crippen molar-refractivity contribution in [2.24, 2.45) is 0 Å². The van der Waals surface area contributed by atoms with Gasteiger partial charge < -0.3 is 14.4 Å². The fraction of sp³-hybridized carbons (Fsp3) is 0.214. The van der Waals surface area contributed by atoms with Crippen LogP contribution in [0.3, 0.4) is 0 Å². The van der Waals surface area contributed by atoms with Crippen LogP contribution in [-0.2, 0) is 5.41 Å². The van der Waals surface area contributed by atoms with Crippen molar-refractivity contribution in [3.05, 3.63) is 83.3 Å². The van der Waals surface area contributed by atoms with Crippen molar-refractivity contribution in [2.75, 3.05) is 7.11 Å². The molecule has 182 valence electrons. The molecule has 0 bridgehead atoms. The molecule has 0 aliphatic heterocycles. The van der Waals surface area contributed by atoms with Crippen molar-refractivity contribution in [1.29, 1.82) is 5.26 Å². The lowest BCUT2D eigenvalue weighted by atomic mass is 9.63. The molecule has 0 amide bonds. The monoisotopic (exact) mass is 490 g/mol. The number of ether oxygens (including phenoxy) is 1. The molecule has 5 rings (SSSR count). The minimum Gasteiger partial charge on any atom is -0.494 e. The lowest BCUT2D eigenvalue weighted by Gasteiger charge is -2.42. The third kappa shape index (κ3) is 3.59. The molecule has 36 heavy (non-hydrogen) atoms. The summed E-state index contributed by atoms with van der Waals surface area (Å²) in [6, 6.07) is 14.9. The van der Waals surface area contributed by atoms with Gasteiger partial charge in [-0.15, -0.1) is 0 Å². The summed E-state index contributed by atoms with van der Waals surface area (Å²) in [7, 11) is 1.34.